The minimum atomic E-state index is 0.577. The first-order valence-electron chi connectivity index (χ1n) is 7.46. The monoisotopic (exact) mass is 302 g/mol. The molecule has 1 saturated heterocycles. The normalized spacial score (nSPS) is 18.8. The minimum Gasteiger partial charge on any atom is -0.430 e. The van der Waals surface area contributed by atoms with Gasteiger partial charge < -0.3 is 15.0 Å². The molecule has 1 aromatic heterocycles. The Morgan fingerprint density at radius 2 is 1.90 bits per heavy atom. The molecular formula is C15H18N4OS. The van der Waals surface area contributed by atoms with Crippen molar-refractivity contribution in [2.75, 3.05) is 31.1 Å². The first-order valence-corrected chi connectivity index (χ1v) is 8.23. The summed E-state index contributed by atoms with van der Waals surface area (Å²) in [6.45, 7) is 4.21. The molecule has 1 aliphatic carbocycles. The van der Waals surface area contributed by atoms with Gasteiger partial charge >= 0.3 is 0 Å². The van der Waals surface area contributed by atoms with Gasteiger partial charge in [0.25, 0.3) is 5.19 Å². The van der Waals surface area contributed by atoms with Crippen LogP contribution >= 0.6 is 11.5 Å². The molecule has 1 N–H and O–H groups in total. The van der Waals surface area contributed by atoms with Gasteiger partial charge in [0.2, 0.25) is 0 Å². The van der Waals surface area contributed by atoms with Crippen molar-refractivity contribution in [1.82, 2.24) is 14.7 Å². The number of hydrogen-bond acceptors (Lipinski definition) is 6. The Hall–Kier alpha value is -1.66. The fourth-order valence-electron chi connectivity index (χ4n) is 2.52. The van der Waals surface area contributed by atoms with Crippen LogP contribution in [0, 0.1) is 0 Å². The van der Waals surface area contributed by atoms with Crippen molar-refractivity contribution in [3.05, 3.63) is 30.1 Å². The van der Waals surface area contributed by atoms with Crippen LogP contribution in [0.3, 0.4) is 0 Å². The summed E-state index contributed by atoms with van der Waals surface area (Å²) in [6.07, 6.45) is 2.44. The predicted octanol–water partition coefficient (Wildman–Crippen LogP) is 2.62. The Morgan fingerprint density at radius 1 is 1.14 bits per heavy atom. The molecule has 1 aromatic carbocycles. The van der Waals surface area contributed by atoms with Crippen molar-refractivity contribution in [2.24, 2.45) is 0 Å². The molecule has 0 unspecified atom stereocenters. The quantitative estimate of drug-likeness (QED) is 0.941. The zero-order valence-corrected chi connectivity index (χ0v) is 12.6. The lowest BCUT2D eigenvalue weighted by Gasteiger charge is -2.29. The van der Waals surface area contributed by atoms with E-state index in [-0.39, 0.29) is 0 Å². The molecule has 1 saturated carbocycles. The van der Waals surface area contributed by atoms with Crippen LogP contribution in [0.1, 0.15) is 24.6 Å². The highest BCUT2D eigenvalue weighted by Crippen LogP contribution is 2.40. The molecule has 2 fully saturated rings. The number of aromatic nitrogens is 2. The van der Waals surface area contributed by atoms with E-state index >= 15 is 0 Å². The van der Waals surface area contributed by atoms with Crippen LogP contribution < -0.4 is 15.0 Å². The first-order chi connectivity index (χ1) is 10.4. The molecule has 4 rings (SSSR count). The fraction of sp³-hybridized carbons (Fsp3) is 0.467. The van der Waals surface area contributed by atoms with Gasteiger partial charge in [-0.3, -0.25) is 0 Å². The van der Waals surface area contributed by atoms with Crippen molar-refractivity contribution in [2.45, 2.75) is 18.8 Å². The molecular weight excluding hydrogens is 284 g/mol. The number of rotatable bonds is 4. The average molecular weight is 302 g/mol. The summed E-state index contributed by atoms with van der Waals surface area (Å²) >= 11 is 1.34. The van der Waals surface area contributed by atoms with E-state index in [0.717, 1.165) is 37.8 Å². The molecule has 0 spiro atoms. The summed E-state index contributed by atoms with van der Waals surface area (Å²) in [7, 11) is 0. The first kappa shape index (κ1) is 13.0. The maximum absolute atomic E-state index is 5.79. The fourth-order valence-corrected chi connectivity index (χ4v) is 3.15. The van der Waals surface area contributed by atoms with Gasteiger partial charge in [-0.15, -0.1) is 0 Å². The van der Waals surface area contributed by atoms with E-state index in [1.54, 1.807) is 0 Å². The van der Waals surface area contributed by atoms with Gasteiger partial charge in [-0.2, -0.15) is 9.36 Å². The zero-order valence-electron chi connectivity index (χ0n) is 11.8. The van der Waals surface area contributed by atoms with Crippen LogP contribution in [0.25, 0.3) is 0 Å². The second-order valence-electron chi connectivity index (χ2n) is 5.53. The SMILES string of the molecule is c1cc(N2CCNCC2)ccc1Oc1nc(C2CC2)ns1. The molecule has 2 heterocycles. The smallest absolute Gasteiger partial charge is 0.298 e. The third-order valence-corrected chi connectivity index (χ3v) is 4.50. The van der Waals surface area contributed by atoms with Crippen molar-refractivity contribution >= 4 is 17.2 Å². The highest BCUT2D eigenvalue weighted by molar-refractivity contribution is 7.07. The van der Waals surface area contributed by atoms with Gasteiger partial charge in [0, 0.05) is 49.3 Å². The van der Waals surface area contributed by atoms with E-state index in [0.29, 0.717) is 11.1 Å². The summed E-state index contributed by atoms with van der Waals surface area (Å²) < 4.78 is 10.1. The Balaban J connectivity index is 1.42. The number of ether oxygens (including phenoxy) is 1. The maximum Gasteiger partial charge on any atom is 0.298 e. The third-order valence-electron chi connectivity index (χ3n) is 3.89. The third kappa shape index (κ3) is 3.01. The van der Waals surface area contributed by atoms with Crippen LogP contribution in [-0.4, -0.2) is 35.5 Å². The molecule has 2 aromatic rings. The molecule has 1 aliphatic heterocycles. The molecule has 0 bridgehead atoms. The molecule has 0 radical (unpaired) electrons. The highest BCUT2D eigenvalue weighted by Gasteiger charge is 2.28. The summed E-state index contributed by atoms with van der Waals surface area (Å²) in [5, 5.41) is 4.01. The summed E-state index contributed by atoms with van der Waals surface area (Å²) in [6, 6.07) is 8.25. The highest BCUT2D eigenvalue weighted by atomic mass is 32.1. The topological polar surface area (TPSA) is 50.3 Å². The van der Waals surface area contributed by atoms with Gasteiger partial charge in [0.15, 0.2) is 0 Å². The number of benzene rings is 1. The second kappa shape index (κ2) is 5.61. The van der Waals surface area contributed by atoms with Gasteiger partial charge in [-0.25, -0.2) is 0 Å². The standard InChI is InChI=1S/C15H18N4OS/c1-2-11(1)14-17-15(21-18-14)20-13-5-3-12(4-6-13)19-9-7-16-8-10-19/h3-6,11,16H,1-2,7-10H2. The zero-order chi connectivity index (χ0) is 14.1. The van der Waals surface area contributed by atoms with Crippen molar-refractivity contribution in [3.8, 4) is 10.9 Å². The van der Waals surface area contributed by atoms with Gasteiger partial charge in [-0.1, -0.05) is 0 Å². The Kier molecular flexibility index (Phi) is 3.48. The molecule has 0 atom stereocenters. The van der Waals surface area contributed by atoms with E-state index in [2.05, 4.69) is 31.7 Å². The Bertz CT molecular complexity index is 602. The number of nitrogens with one attached hydrogen (secondary N) is 1. The minimum absolute atomic E-state index is 0.577. The van der Waals surface area contributed by atoms with Crippen LogP contribution in [0.4, 0.5) is 5.69 Å². The van der Waals surface area contributed by atoms with Crippen LogP contribution in [0.15, 0.2) is 24.3 Å². The summed E-state index contributed by atoms with van der Waals surface area (Å²) in [4.78, 5) is 6.83. The van der Waals surface area contributed by atoms with E-state index in [9.17, 15) is 0 Å². The van der Waals surface area contributed by atoms with Gasteiger partial charge in [-0.05, 0) is 37.1 Å². The summed E-state index contributed by atoms with van der Waals surface area (Å²) in [5.41, 5.74) is 1.25. The van der Waals surface area contributed by atoms with Gasteiger partial charge in [0.1, 0.15) is 11.6 Å². The Labute approximate surface area is 128 Å². The lowest BCUT2D eigenvalue weighted by molar-refractivity contribution is 0.477. The van der Waals surface area contributed by atoms with Crippen LogP contribution in [0.5, 0.6) is 10.9 Å². The lowest BCUT2D eigenvalue weighted by atomic mass is 10.2. The lowest BCUT2D eigenvalue weighted by Crippen LogP contribution is -2.43. The van der Waals surface area contributed by atoms with Crippen LogP contribution in [0.2, 0.25) is 0 Å². The number of hydrogen-bond donors (Lipinski definition) is 1. The molecule has 2 aliphatic rings. The second-order valence-corrected chi connectivity index (χ2v) is 6.24. The van der Waals surface area contributed by atoms with Crippen LogP contribution in [-0.2, 0) is 0 Å². The molecule has 21 heavy (non-hydrogen) atoms. The van der Waals surface area contributed by atoms with E-state index < -0.39 is 0 Å². The van der Waals surface area contributed by atoms with E-state index in [1.807, 2.05) is 12.1 Å². The van der Waals surface area contributed by atoms with Gasteiger partial charge in [0.05, 0.1) is 0 Å². The maximum atomic E-state index is 5.79. The molecule has 6 heteroatoms. The summed E-state index contributed by atoms with van der Waals surface area (Å²) in [5.74, 6) is 2.36. The van der Waals surface area contributed by atoms with Crippen molar-refractivity contribution < 1.29 is 4.74 Å². The number of anilines is 1. The Morgan fingerprint density at radius 3 is 2.62 bits per heavy atom. The van der Waals surface area contributed by atoms with Crippen molar-refractivity contribution in [1.29, 1.82) is 0 Å². The molecule has 110 valence electrons. The van der Waals surface area contributed by atoms with E-state index in [1.165, 1.54) is 30.1 Å². The predicted molar refractivity (Wildman–Crippen MR) is 83.5 cm³/mol. The molecule has 5 nitrogen and oxygen atoms in total. The van der Waals surface area contributed by atoms with Crippen molar-refractivity contribution in [3.63, 3.8) is 0 Å². The largest absolute Gasteiger partial charge is 0.430 e. The number of nitrogens with zero attached hydrogens (tertiary/aromatic N) is 3. The average Bonchev–Trinajstić information content (AvgIpc) is 3.29. The van der Waals surface area contributed by atoms with E-state index in [4.69, 9.17) is 4.74 Å². The molecule has 0 amide bonds. The number of piperazine rings is 1.